The van der Waals surface area contributed by atoms with E-state index in [1.54, 1.807) is 0 Å². The molecule has 1 atom stereocenters. The van der Waals surface area contributed by atoms with Gasteiger partial charge in [-0.25, -0.2) is 0 Å². The zero-order valence-electron chi connectivity index (χ0n) is 13.8. The van der Waals surface area contributed by atoms with Crippen molar-refractivity contribution in [2.75, 3.05) is 6.54 Å². The highest BCUT2D eigenvalue weighted by molar-refractivity contribution is 5.24. The summed E-state index contributed by atoms with van der Waals surface area (Å²) in [4.78, 5) is 0. The number of nitrogens with one attached hydrogen (secondary N) is 1. The quantitative estimate of drug-likeness (QED) is 0.848. The molecule has 0 aromatic carbocycles. The third-order valence-electron chi connectivity index (χ3n) is 3.66. The van der Waals surface area contributed by atoms with E-state index >= 15 is 0 Å². The Labute approximate surface area is 118 Å². The Kier molecular flexibility index (Phi) is 5.60. The van der Waals surface area contributed by atoms with Crippen LogP contribution in [0.15, 0.2) is 0 Å². The minimum atomic E-state index is 0.162. The van der Waals surface area contributed by atoms with Crippen molar-refractivity contribution in [3.63, 3.8) is 0 Å². The smallest absolute Gasteiger partial charge is 0.0646 e. The minimum absolute atomic E-state index is 0.162. The van der Waals surface area contributed by atoms with E-state index in [2.05, 4.69) is 58.5 Å². The van der Waals surface area contributed by atoms with Gasteiger partial charge in [0, 0.05) is 17.8 Å². The number of hydrogen-bond donors (Lipinski definition) is 1. The van der Waals surface area contributed by atoms with Gasteiger partial charge in [0.05, 0.1) is 11.7 Å². The van der Waals surface area contributed by atoms with Crippen LogP contribution < -0.4 is 5.32 Å². The molecule has 0 spiro atoms. The van der Waals surface area contributed by atoms with Gasteiger partial charge in [0.1, 0.15) is 0 Å². The summed E-state index contributed by atoms with van der Waals surface area (Å²) in [6, 6.07) is 0.461. The molecule has 0 fully saturated rings. The molecule has 1 N–H and O–H groups in total. The molecule has 0 aliphatic carbocycles. The SMILES string of the molecule is CCCC(CNC(C)(C)C)n1nc(C)c(CC)c1C. The average molecular weight is 265 g/mol. The third-order valence-corrected chi connectivity index (χ3v) is 3.66. The molecular formula is C16H31N3. The lowest BCUT2D eigenvalue weighted by Gasteiger charge is -2.26. The van der Waals surface area contributed by atoms with Crippen LogP contribution in [0.1, 0.15) is 70.5 Å². The molecule has 0 saturated carbocycles. The van der Waals surface area contributed by atoms with Crippen LogP contribution in [0.2, 0.25) is 0 Å². The molecular weight excluding hydrogens is 234 g/mol. The first kappa shape index (κ1) is 16.2. The predicted molar refractivity (Wildman–Crippen MR) is 82.8 cm³/mol. The van der Waals surface area contributed by atoms with Crippen molar-refractivity contribution in [2.45, 2.75) is 79.3 Å². The summed E-state index contributed by atoms with van der Waals surface area (Å²) in [6.07, 6.45) is 3.44. The zero-order chi connectivity index (χ0) is 14.6. The van der Waals surface area contributed by atoms with E-state index in [0.29, 0.717) is 6.04 Å². The fourth-order valence-electron chi connectivity index (χ4n) is 2.63. The van der Waals surface area contributed by atoms with Gasteiger partial charge in [0.15, 0.2) is 0 Å². The summed E-state index contributed by atoms with van der Waals surface area (Å²) in [7, 11) is 0. The molecule has 1 unspecified atom stereocenters. The van der Waals surface area contributed by atoms with Gasteiger partial charge < -0.3 is 5.32 Å². The molecule has 0 radical (unpaired) electrons. The van der Waals surface area contributed by atoms with Crippen molar-refractivity contribution >= 4 is 0 Å². The van der Waals surface area contributed by atoms with Gasteiger partial charge in [0.25, 0.3) is 0 Å². The highest BCUT2D eigenvalue weighted by atomic mass is 15.3. The highest BCUT2D eigenvalue weighted by Crippen LogP contribution is 2.21. The number of rotatable bonds is 6. The first-order valence-electron chi connectivity index (χ1n) is 7.59. The van der Waals surface area contributed by atoms with Crippen LogP contribution in [0.3, 0.4) is 0 Å². The lowest BCUT2D eigenvalue weighted by molar-refractivity contribution is 0.332. The van der Waals surface area contributed by atoms with E-state index < -0.39 is 0 Å². The van der Waals surface area contributed by atoms with Crippen LogP contribution in [0.5, 0.6) is 0 Å². The van der Waals surface area contributed by atoms with Crippen LogP contribution in [-0.2, 0) is 6.42 Å². The summed E-state index contributed by atoms with van der Waals surface area (Å²) in [5.74, 6) is 0. The van der Waals surface area contributed by atoms with Crippen molar-refractivity contribution in [2.24, 2.45) is 0 Å². The maximum absolute atomic E-state index is 4.78. The molecule has 0 aliphatic heterocycles. The van der Waals surface area contributed by atoms with E-state index in [1.165, 1.54) is 29.8 Å². The van der Waals surface area contributed by atoms with Gasteiger partial charge in [-0.05, 0) is 53.0 Å². The Morgan fingerprint density at radius 2 is 1.84 bits per heavy atom. The lowest BCUT2D eigenvalue weighted by atomic mass is 10.1. The zero-order valence-corrected chi connectivity index (χ0v) is 13.8. The molecule has 1 aromatic heterocycles. The van der Waals surface area contributed by atoms with E-state index in [1.807, 2.05) is 0 Å². The molecule has 0 aliphatic rings. The molecule has 0 saturated heterocycles. The standard InChI is InChI=1S/C16H31N3/c1-8-10-14(11-17-16(5,6)7)19-13(4)15(9-2)12(3)18-19/h14,17H,8-11H2,1-7H3. The summed E-state index contributed by atoms with van der Waals surface area (Å²) in [5.41, 5.74) is 4.11. The molecule has 110 valence electrons. The van der Waals surface area contributed by atoms with Crippen molar-refractivity contribution in [3.8, 4) is 0 Å². The van der Waals surface area contributed by atoms with Gasteiger partial charge in [-0.1, -0.05) is 20.3 Å². The number of aryl methyl sites for hydroxylation is 1. The number of aromatic nitrogens is 2. The van der Waals surface area contributed by atoms with Gasteiger partial charge in [0.2, 0.25) is 0 Å². The van der Waals surface area contributed by atoms with Gasteiger partial charge in [-0.2, -0.15) is 5.10 Å². The molecule has 0 bridgehead atoms. The van der Waals surface area contributed by atoms with Gasteiger partial charge in [-0.15, -0.1) is 0 Å². The average Bonchev–Trinajstić information content (AvgIpc) is 2.58. The molecule has 1 heterocycles. The fraction of sp³-hybridized carbons (Fsp3) is 0.812. The Balaban J connectivity index is 2.93. The normalized spacial score (nSPS) is 13.8. The Morgan fingerprint density at radius 1 is 1.21 bits per heavy atom. The fourth-order valence-corrected chi connectivity index (χ4v) is 2.63. The molecule has 1 aromatic rings. The van der Waals surface area contributed by atoms with Crippen molar-refractivity contribution in [1.82, 2.24) is 15.1 Å². The Hall–Kier alpha value is -0.830. The van der Waals surface area contributed by atoms with Crippen molar-refractivity contribution in [3.05, 3.63) is 17.0 Å². The van der Waals surface area contributed by atoms with Crippen LogP contribution >= 0.6 is 0 Å². The number of nitrogens with zero attached hydrogens (tertiary/aromatic N) is 2. The molecule has 0 amide bonds. The predicted octanol–water partition coefficient (Wildman–Crippen LogP) is 3.79. The van der Waals surface area contributed by atoms with Crippen LogP contribution in [0, 0.1) is 13.8 Å². The van der Waals surface area contributed by atoms with Crippen LogP contribution in [-0.4, -0.2) is 21.9 Å². The largest absolute Gasteiger partial charge is 0.310 e. The van der Waals surface area contributed by atoms with E-state index in [4.69, 9.17) is 5.10 Å². The van der Waals surface area contributed by atoms with E-state index in [-0.39, 0.29) is 5.54 Å². The summed E-state index contributed by atoms with van der Waals surface area (Å²) < 4.78 is 2.25. The first-order valence-corrected chi connectivity index (χ1v) is 7.59. The Bertz CT molecular complexity index is 399. The van der Waals surface area contributed by atoms with Gasteiger partial charge >= 0.3 is 0 Å². The van der Waals surface area contributed by atoms with Crippen molar-refractivity contribution < 1.29 is 0 Å². The Morgan fingerprint density at radius 3 is 2.26 bits per heavy atom. The van der Waals surface area contributed by atoms with Gasteiger partial charge in [-0.3, -0.25) is 4.68 Å². The summed E-state index contributed by atoms with van der Waals surface area (Å²) in [6.45, 7) is 16.4. The second-order valence-electron chi connectivity index (χ2n) is 6.52. The summed E-state index contributed by atoms with van der Waals surface area (Å²) >= 11 is 0. The second kappa shape index (κ2) is 6.56. The monoisotopic (exact) mass is 265 g/mol. The van der Waals surface area contributed by atoms with Crippen LogP contribution in [0.25, 0.3) is 0 Å². The maximum atomic E-state index is 4.78. The topological polar surface area (TPSA) is 29.9 Å². The van der Waals surface area contributed by atoms with E-state index in [0.717, 1.165) is 13.0 Å². The molecule has 3 heteroatoms. The second-order valence-corrected chi connectivity index (χ2v) is 6.52. The summed E-state index contributed by atoms with van der Waals surface area (Å²) in [5, 5.41) is 8.40. The lowest BCUT2D eigenvalue weighted by Crippen LogP contribution is -2.40. The molecule has 3 nitrogen and oxygen atoms in total. The molecule has 1 rings (SSSR count). The van der Waals surface area contributed by atoms with E-state index in [9.17, 15) is 0 Å². The number of hydrogen-bond acceptors (Lipinski definition) is 2. The maximum Gasteiger partial charge on any atom is 0.0646 e. The minimum Gasteiger partial charge on any atom is -0.310 e. The third kappa shape index (κ3) is 4.34. The molecule has 19 heavy (non-hydrogen) atoms. The first-order chi connectivity index (χ1) is 8.80. The highest BCUT2D eigenvalue weighted by Gasteiger charge is 2.19. The van der Waals surface area contributed by atoms with Crippen molar-refractivity contribution in [1.29, 1.82) is 0 Å². The van der Waals surface area contributed by atoms with Crippen LogP contribution in [0.4, 0.5) is 0 Å².